The average molecular weight is 1220 g/mol. The van der Waals surface area contributed by atoms with Gasteiger partial charge < -0.3 is 64.2 Å². The second-order valence-electron chi connectivity index (χ2n) is 17.6. The molecule has 4 heterocycles. The van der Waals surface area contributed by atoms with E-state index in [4.69, 9.17) is 46.0 Å². The van der Waals surface area contributed by atoms with Crippen molar-refractivity contribution in [3.8, 4) is 90.1 Å². The summed E-state index contributed by atoms with van der Waals surface area (Å²) >= 11 is 0. The van der Waals surface area contributed by atoms with Crippen LogP contribution in [0.4, 0.5) is 0 Å². The Morgan fingerprint density at radius 1 is 0.264 bits per heavy atom. The molecule has 4 aromatic heterocycles. The normalized spacial score (nSPS) is 9.45. The maximum atomic E-state index is 8.25. The Kier molecular flexibility index (Phi) is 31.7. The van der Waals surface area contributed by atoms with Crippen LogP contribution in [0.25, 0.3) is 90.1 Å². The summed E-state index contributed by atoms with van der Waals surface area (Å²) in [4.78, 5) is 34.6. The summed E-state index contributed by atoms with van der Waals surface area (Å²) in [6, 6.07) is 82.6. The number of hydrogen-bond donors (Lipinski definition) is 3. The first-order valence-electron chi connectivity index (χ1n) is 26.4. The zero-order valence-corrected chi connectivity index (χ0v) is 50.0. The third-order valence-corrected chi connectivity index (χ3v) is 12.1. The van der Waals surface area contributed by atoms with E-state index in [0.29, 0.717) is 0 Å². The van der Waals surface area contributed by atoms with Crippen LogP contribution in [0.2, 0.25) is 0 Å². The molecule has 19 nitrogen and oxygen atoms in total. The molecule has 450 valence electrons. The molecule has 0 aliphatic rings. The van der Waals surface area contributed by atoms with E-state index in [2.05, 4.69) is 184 Å². The first-order chi connectivity index (χ1) is 41.9. The van der Waals surface area contributed by atoms with Crippen molar-refractivity contribution in [2.75, 3.05) is 21.3 Å². The minimum atomic E-state index is -1.75. The van der Waals surface area contributed by atoms with Crippen molar-refractivity contribution in [1.82, 2.24) is 38.2 Å². The minimum absolute atomic E-state index is 0. The number of imidazole rings is 4. The van der Waals surface area contributed by atoms with Gasteiger partial charge in [0.25, 0.3) is 0 Å². The molecule has 12 aromatic rings. The van der Waals surface area contributed by atoms with Crippen LogP contribution < -0.4 is 0 Å². The standard InChI is InChI=1S/4C16H14N2.3CH4O.2NO3.Ni/c4*1-18-12-17-15(13-8-4-2-5-9-13)16(18)14-10-6-3-7-11-14;3*1-2;2*2-1(3)4;/h4*2-12H,1H3;3*2H,1H3;;;/q;;;;;;;2*-1;+2. The van der Waals surface area contributed by atoms with Crippen LogP contribution in [0.3, 0.4) is 0 Å². The molecule has 0 bridgehead atoms. The van der Waals surface area contributed by atoms with Crippen molar-refractivity contribution in [2.45, 2.75) is 0 Å². The van der Waals surface area contributed by atoms with Crippen molar-refractivity contribution in [3.05, 3.63) is 299 Å². The molecule has 0 aliphatic carbocycles. The van der Waals surface area contributed by atoms with Crippen LogP contribution in [0.5, 0.6) is 0 Å². The number of rotatable bonds is 8. The zero-order valence-electron chi connectivity index (χ0n) is 49.0. The number of aliphatic hydroxyl groups excluding tert-OH is 3. The third kappa shape index (κ3) is 21.5. The van der Waals surface area contributed by atoms with Gasteiger partial charge in [-0.1, -0.05) is 243 Å². The maximum absolute atomic E-state index is 8.25. The van der Waals surface area contributed by atoms with Crippen molar-refractivity contribution in [2.24, 2.45) is 28.2 Å². The first-order valence-corrected chi connectivity index (χ1v) is 26.4. The van der Waals surface area contributed by atoms with E-state index < -0.39 is 10.2 Å². The van der Waals surface area contributed by atoms with Gasteiger partial charge in [-0.2, -0.15) is 0 Å². The Morgan fingerprint density at radius 2 is 0.379 bits per heavy atom. The third-order valence-electron chi connectivity index (χ3n) is 12.1. The van der Waals surface area contributed by atoms with Crippen LogP contribution >= 0.6 is 0 Å². The van der Waals surface area contributed by atoms with E-state index in [1.807, 2.05) is 151 Å². The fourth-order valence-electron chi connectivity index (χ4n) is 8.70. The quantitative estimate of drug-likeness (QED) is 0.0727. The fraction of sp³-hybridized carbons (Fsp3) is 0.104. The number of aromatic nitrogens is 8. The van der Waals surface area contributed by atoms with Gasteiger partial charge >= 0.3 is 16.5 Å². The molecule has 0 saturated heterocycles. The molecule has 0 aliphatic heterocycles. The Bertz CT molecular complexity index is 3290. The maximum Gasteiger partial charge on any atom is 2.00 e. The van der Waals surface area contributed by atoms with Crippen LogP contribution in [0.1, 0.15) is 0 Å². The molecule has 12 rings (SSSR count). The van der Waals surface area contributed by atoms with Gasteiger partial charge in [-0.05, 0) is 0 Å². The smallest absolute Gasteiger partial charge is 0.400 e. The van der Waals surface area contributed by atoms with E-state index in [1.54, 1.807) is 0 Å². The monoisotopic (exact) mass is 1210 g/mol. The number of benzene rings is 8. The van der Waals surface area contributed by atoms with Gasteiger partial charge in [0.05, 0.1) is 81.0 Å². The molecule has 8 aromatic carbocycles. The summed E-state index contributed by atoms with van der Waals surface area (Å²) in [6.45, 7) is 0. The molecule has 0 spiro atoms. The van der Waals surface area contributed by atoms with Crippen LogP contribution in [0.15, 0.2) is 268 Å². The van der Waals surface area contributed by atoms with Gasteiger partial charge in [0.1, 0.15) is 0 Å². The van der Waals surface area contributed by atoms with Gasteiger partial charge in [0.15, 0.2) is 0 Å². The largest absolute Gasteiger partial charge is 2.00 e. The fourth-order valence-corrected chi connectivity index (χ4v) is 8.70. The van der Waals surface area contributed by atoms with Gasteiger partial charge in [0.2, 0.25) is 0 Å². The van der Waals surface area contributed by atoms with Gasteiger partial charge in [0, 0.05) is 94.0 Å². The van der Waals surface area contributed by atoms with Crippen molar-refractivity contribution < 1.29 is 42.0 Å². The molecule has 0 amide bonds. The van der Waals surface area contributed by atoms with Crippen molar-refractivity contribution >= 4 is 0 Å². The molecule has 3 N–H and O–H groups in total. The van der Waals surface area contributed by atoms with E-state index in [-0.39, 0.29) is 16.5 Å². The van der Waals surface area contributed by atoms with Gasteiger partial charge in [-0.15, -0.1) is 0 Å². The van der Waals surface area contributed by atoms with E-state index in [9.17, 15) is 0 Å². The predicted molar refractivity (Wildman–Crippen MR) is 341 cm³/mol. The number of hydrogen-bond acceptors (Lipinski definition) is 13. The van der Waals surface area contributed by atoms with Crippen LogP contribution in [-0.4, -0.2) is 85.0 Å². The molecular weight excluding hydrogens is 1150 g/mol. The van der Waals surface area contributed by atoms with E-state index >= 15 is 0 Å². The predicted octanol–water partition coefficient (Wildman–Crippen LogP) is 13.4. The molecule has 0 saturated carbocycles. The summed E-state index contributed by atoms with van der Waals surface area (Å²) in [7, 11) is 11.1. The second kappa shape index (κ2) is 39.0. The van der Waals surface area contributed by atoms with Crippen molar-refractivity contribution in [1.29, 1.82) is 0 Å². The molecule has 0 unspecified atom stereocenters. The summed E-state index contributed by atoms with van der Waals surface area (Å²) in [6.07, 6.45) is 7.46. The molecule has 0 fully saturated rings. The van der Waals surface area contributed by atoms with E-state index in [0.717, 1.165) is 89.1 Å². The SMILES string of the molecule is CO.CO.CO.Cn1cnc(-c2ccccc2)c1-c1ccccc1.Cn1cnc(-c2ccccc2)c1-c1ccccc1.Cn1cnc(-c2ccccc2)c1-c1ccccc1.Cn1cnc(-c2ccccc2)c1-c1ccccc1.O=[N+]([O-])[O-].O=[N+]([O-])[O-].[Ni+2]. The second-order valence-corrected chi connectivity index (χ2v) is 17.6. The van der Waals surface area contributed by atoms with Gasteiger partial charge in [-0.25, -0.2) is 19.9 Å². The Hall–Kier alpha value is -10.6. The number of aryl methyl sites for hydroxylation is 4. The molecular formula is C67H68N10NiO9. The Labute approximate surface area is 515 Å². The van der Waals surface area contributed by atoms with Gasteiger partial charge in [-0.3, -0.25) is 0 Å². The van der Waals surface area contributed by atoms with Crippen molar-refractivity contribution in [3.63, 3.8) is 0 Å². The molecule has 0 atom stereocenters. The number of aliphatic hydroxyl groups is 3. The zero-order chi connectivity index (χ0) is 62.6. The molecule has 20 heteroatoms. The van der Waals surface area contributed by atoms with E-state index in [1.165, 1.54) is 22.3 Å². The summed E-state index contributed by atoms with van der Waals surface area (Å²) in [5.41, 5.74) is 18.1. The molecule has 87 heavy (non-hydrogen) atoms. The first kappa shape index (κ1) is 70.6. The summed E-state index contributed by atoms with van der Waals surface area (Å²) in [5.74, 6) is 0. The summed E-state index contributed by atoms with van der Waals surface area (Å²) in [5, 5.41) is 50.5. The number of nitrogens with zero attached hydrogens (tertiary/aromatic N) is 10. The Balaban J connectivity index is 0.000000282. The van der Waals surface area contributed by atoms with Crippen LogP contribution in [0, 0.1) is 30.6 Å². The minimum Gasteiger partial charge on any atom is -0.400 e. The van der Waals surface area contributed by atoms with Crippen LogP contribution in [-0.2, 0) is 44.7 Å². The topological polar surface area (TPSA) is 264 Å². The average Bonchev–Trinajstić information content (AvgIpc) is 2.76. The molecule has 0 radical (unpaired) electrons. The Morgan fingerprint density at radius 3 is 0.506 bits per heavy atom. The summed E-state index contributed by atoms with van der Waals surface area (Å²) < 4.78 is 8.27.